The van der Waals surface area contributed by atoms with Gasteiger partial charge in [-0.15, -0.1) is 0 Å². The number of ether oxygens (including phenoxy) is 1. The summed E-state index contributed by atoms with van der Waals surface area (Å²) in [6.07, 6.45) is 0.576. The molecule has 0 aliphatic carbocycles. The topological polar surface area (TPSA) is 89.5 Å². The second-order valence-electron chi connectivity index (χ2n) is 4.97. The summed E-state index contributed by atoms with van der Waals surface area (Å²) in [6.45, 7) is 3.50. The highest BCUT2D eigenvalue weighted by molar-refractivity contribution is 7.88. The summed E-state index contributed by atoms with van der Waals surface area (Å²) in [5, 5.41) is 0. The lowest BCUT2D eigenvalue weighted by Gasteiger charge is -2.16. The van der Waals surface area contributed by atoms with Crippen LogP contribution in [0.3, 0.4) is 0 Å². The molecule has 0 amide bonds. The molecule has 0 saturated heterocycles. The molecular formula is C14H19NO5S. The molecule has 0 aromatic heterocycles. The Morgan fingerprint density at radius 3 is 2.57 bits per heavy atom. The Morgan fingerprint density at radius 2 is 2.05 bits per heavy atom. The van der Waals surface area contributed by atoms with E-state index in [0.29, 0.717) is 11.8 Å². The molecule has 116 valence electrons. The maximum atomic E-state index is 12.0. The normalized spacial score (nSPS) is 13.0. The number of aldehydes is 1. The molecule has 0 heterocycles. The van der Waals surface area contributed by atoms with Gasteiger partial charge in [-0.25, -0.2) is 17.9 Å². The average molecular weight is 313 g/mol. The van der Waals surface area contributed by atoms with E-state index in [1.54, 1.807) is 26.0 Å². The maximum absolute atomic E-state index is 12.0. The van der Waals surface area contributed by atoms with Gasteiger partial charge < -0.3 is 9.53 Å². The molecule has 0 aliphatic heterocycles. The van der Waals surface area contributed by atoms with E-state index in [1.165, 1.54) is 19.2 Å². The number of methoxy groups -OCH3 is 1. The van der Waals surface area contributed by atoms with E-state index in [-0.39, 0.29) is 17.2 Å². The van der Waals surface area contributed by atoms with Crippen molar-refractivity contribution in [2.24, 2.45) is 5.92 Å². The molecule has 0 spiro atoms. The van der Waals surface area contributed by atoms with Crippen LogP contribution in [0, 0.1) is 5.92 Å². The summed E-state index contributed by atoms with van der Waals surface area (Å²) in [7, 11) is -2.42. The average Bonchev–Trinajstić information content (AvgIpc) is 2.43. The van der Waals surface area contributed by atoms with Crippen LogP contribution in [0.1, 0.15) is 29.8 Å². The van der Waals surface area contributed by atoms with E-state index in [0.717, 1.165) is 0 Å². The van der Waals surface area contributed by atoms with Gasteiger partial charge >= 0.3 is 5.97 Å². The second kappa shape index (κ2) is 7.33. The minimum Gasteiger partial charge on any atom is -0.465 e. The maximum Gasteiger partial charge on any atom is 0.337 e. The highest BCUT2D eigenvalue weighted by Gasteiger charge is 2.21. The largest absolute Gasteiger partial charge is 0.465 e. The van der Waals surface area contributed by atoms with Crippen LogP contribution in [-0.4, -0.2) is 33.8 Å². The van der Waals surface area contributed by atoms with Crippen LogP contribution < -0.4 is 4.72 Å². The number of esters is 1. The van der Waals surface area contributed by atoms with Crippen molar-refractivity contribution in [2.45, 2.75) is 25.6 Å². The highest BCUT2D eigenvalue weighted by Crippen LogP contribution is 2.11. The first-order valence-electron chi connectivity index (χ1n) is 6.41. The highest BCUT2D eigenvalue weighted by atomic mass is 32.2. The molecule has 0 saturated carbocycles. The van der Waals surface area contributed by atoms with Gasteiger partial charge in [0.05, 0.1) is 24.5 Å². The van der Waals surface area contributed by atoms with Gasteiger partial charge in [0.15, 0.2) is 0 Å². The van der Waals surface area contributed by atoms with Crippen molar-refractivity contribution in [3.8, 4) is 0 Å². The van der Waals surface area contributed by atoms with Crippen LogP contribution in [-0.2, 0) is 25.3 Å². The number of rotatable bonds is 7. The predicted octanol–water partition coefficient (Wildman–Crippen LogP) is 1.12. The first-order valence-corrected chi connectivity index (χ1v) is 8.07. The molecule has 6 nitrogen and oxygen atoms in total. The lowest BCUT2D eigenvalue weighted by Crippen LogP contribution is -2.40. The van der Waals surface area contributed by atoms with Gasteiger partial charge in [0.2, 0.25) is 10.0 Å². The van der Waals surface area contributed by atoms with Gasteiger partial charge in [-0.05, 0) is 23.6 Å². The molecule has 0 unspecified atom stereocenters. The van der Waals surface area contributed by atoms with Gasteiger partial charge in [-0.1, -0.05) is 26.0 Å². The predicted molar refractivity (Wildman–Crippen MR) is 78.2 cm³/mol. The minimum absolute atomic E-state index is 0.140. The fraction of sp³-hybridized carbons (Fsp3) is 0.429. The lowest BCUT2D eigenvalue weighted by molar-refractivity contribution is -0.110. The third kappa shape index (κ3) is 5.28. The van der Waals surface area contributed by atoms with E-state index in [1.807, 2.05) is 0 Å². The summed E-state index contributed by atoms with van der Waals surface area (Å²) in [5.41, 5.74) is 0.722. The van der Waals surface area contributed by atoms with Gasteiger partial charge in [-0.2, -0.15) is 0 Å². The zero-order chi connectivity index (χ0) is 16.0. The van der Waals surface area contributed by atoms with Crippen molar-refractivity contribution in [1.29, 1.82) is 0 Å². The fourth-order valence-electron chi connectivity index (χ4n) is 1.70. The van der Waals surface area contributed by atoms with Crippen LogP contribution in [0.5, 0.6) is 0 Å². The number of sulfonamides is 1. The number of hydrogen-bond donors (Lipinski definition) is 1. The van der Waals surface area contributed by atoms with E-state index in [4.69, 9.17) is 0 Å². The Balaban J connectivity index is 2.89. The van der Waals surface area contributed by atoms with Crippen LogP contribution >= 0.6 is 0 Å². The Bertz CT molecular complexity index is 610. The zero-order valence-electron chi connectivity index (χ0n) is 12.2. The lowest BCUT2D eigenvalue weighted by atomic mass is 10.1. The Morgan fingerprint density at radius 1 is 1.38 bits per heavy atom. The number of hydrogen-bond acceptors (Lipinski definition) is 5. The molecule has 1 atom stereocenters. The summed E-state index contributed by atoms with van der Waals surface area (Å²) in [6, 6.07) is 5.40. The van der Waals surface area contributed by atoms with E-state index < -0.39 is 22.0 Å². The van der Waals surface area contributed by atoms with E-state index in [2.05, 4.69) is 9.46 Å². The summed E-state index contributed by atoms with van der Waals surface area (Å²) >= 11 is 0. The van der Waals surface area contributed by atoms with Crippen LogP contribution in [0.25, 0.3) is 0 Å². The number of carbonyl (C=O) groups excluding carboxylic acids is 2. The van der Waals surface area contributed by atoms with Crippen molar-refractivity contribution in [1.82, 2.24) is 4.72 Å². The third-order valence-corrected chi connectivity index (χ3v) is 4.23. The van der Waals surface area contributed by atoms with Crippen molar-refractivity contribution in [2.75, 3.05) is 7.11 Å². The van der Waals surface area contributed by atoms with Gasteiger partial charge in [0.25, 0.3) is 0 Å². The molecule has 1 N–H and O–H groups in total. The third-order valence-electron chi connectivity index (χ3n) is 2.89. The van der Waals surface area contributed by atoms with Gasteiger partial charge in [0, 0.05) is 0 Å². The summed E-state index contributed by atoms with van der Waals surface area (Å²) in [5.74, 6) is -0.983. The van der Waals surface area contributed by atoms with E-state index >= 15 is 0 Å². The molecule has 0 bridgehead atoms. The zero-order valence-corrected chi connectivity index (χ0v) is 13.0. The standard InChI is InChI=1S/C14H19NO5S/c1-10(2)13(8-16)15-21(18,19)9-11-5-4-6-12(7-11)14(17)20-3/h4-8,10,13,15H,9H2,1-3H3/t13-/m1/s1. The minimum atomic E-state index is -3.67. The molecule has 0 aliphatic rings. The van der Waals surface area contributed by atoms with Crippen molar-refractivity contribution in [3.05, 3.63) is 35.4 Å². The van der Waals surface area contributed by atoms with E-state index in [9.17, 15) is 18.0 Å². The number of nitrogens with one attached hydrogen (secondary N) is 1. The summed E-state index contributed by atoms with van der Waals surface area (Å²) in [4.78, 5) is 22.3. The quantitative estimate of drug-likeness (QED) is 0.602. The number of benzene rings is 1. The number of carbonyl (C=O) groups is 2. The van der Waals surface area contributed by atoms with Gasteiger partial charge in [0.1, 0.15) is 6.29 Å². The fourth-order valence-corrected chi connectivity index (χ4v) is 3.14. The van der Waals surface area contributed by atoms with Gasteiger partial charge in [-0.3, -0.25) is 0 Å². The van der Waals surface area contributed by atoms with Crippen molar-refractivity contribution >= 4 is 22.3 Å². The molecule has 21 heavy (non-hydrogen) atoms. The Kier molecular flexibility index (Phi) is 6.04. The molecule has 0 radical (unpaired) electrons. The SMILES string of the molecule is COC(=O)c1cccc(CS(=O)(=O)N[C@H](C=O)C(C)C)c1. The summed E-state index contributed by atoms with van der Waals surface area (Å²) < 4.78 is 31.0. The smallest absolute Gasteiger partial charge is 0.337 e. The molecule has 1 aromatic rings. The first-order chi connectivity index (χ1) is 9.79. The monoisotopic (exact) mass is 313 g/mol. The molecule has 1 rings (SSSR count). The van der Waals surface area contributed by atoms with Crippen molar-refractivity contribution in [3.63, 3.8) is 0 Å². The molecule has 1 aromatic carbocycles. The molecular weight excluding hydrogens is 294 g/mol. The van der Waals surface area contributed by atoms with Crippen LogP contribution in [0.2, 0.25) is 0 Å². The second-order valence-corrected chi connectivity index (χ2v) is 6.73. The van der Waals surface area contributed by atoms with Crippen LogP contribution in [0.15, 0.2) is 24.3 Å². The first kappa shape index (κ1) is 17.3. The van der Waals surface area contributed by atoms with Crippen molar-refractivity contribution < 1.29 is 22.7 Å². The molecule has 0 fully saturated rings. The van der Waals surface area contributed by atoms with Crippen LogP contribution in [0.4, 0.5) is 0 Å². The molecule has 7 heteroatoms. The Labute approximate surface area is 124 Å². The Hall–Kier alpha value is -1.73.